The minimum atomic E-state index is 0. The molecule has 4 aromatic carbocycles. The SMILES string of the molecule is Cc1cccc(C)c1[O-].Cc1cccc(C)c1[O-].Cc1cccc(C)c1[O-].Cc1cccc(C)c1[O-].[Cd+2].[Cd+2].c1ccncc1.c1ccncc1.c1ccncc1.c1ccncc1. The van der Waals surface area contributed by atoms with Crippen molar-refractivity contribution in [2.75, 3.05) is 0 Å². The topological polar surface area (TPSA) is 144 Å². The first-order chi connectivity index (χ1) is 28.9. The van der Waals surface area contributed by atoms with Crippen LogP contribution < -0.4 is 20.4 Å². The van der Waals surface area contributed by atoms with E-state index in [-0.39, 0.29) is 77.6 Å². The van der Waals surface area contributed by atoms with Gasteiger partial charge < -0.3 is 20.4 Å². The summed E-state index contributed by atoms with van der Waals surface area (Å²) in [4.78, 5) is 15.1. The number of para-hydroxylation sites is 4. The molecule has 0 atom stereocenters. The molecule has 0 saturated heterocycles. The minimum absolute atomic E-state index is 0. The number of rotatable bonds is 0. The number of nitrogens with zero attached hydrogens (tertiary/aromatic N) is 4. The molecule has 8 rings (SSSR count). The number of hydrogen-bond donors (Lipinski definition) is 0. The molecule has 0 radical (unpaired) electrons. The predicted octanol–water partition coefficient (Wildman–Crippen LogP) is 9.83. The summed E-state index contributed by atoms with van der Waals surface area (Å²) < 4.78 is 0. The van der Waals surface area contributed by atoms with Gasteiger partial charge in [-0.05, 0) is 104 Å². The van der Waals surface area contributed by atoms with Crippen molar-refractivity contribution in [2.45, 2.75) is 55.4 Å². The summed E-state index contributed by atoms with van der Waals surface area (Å²) >= 11 is 0. The van der Waals surface area contributed by atoms with Gasteiger partial charge in [0.25, 0.3) is 0 Å². The van der Waals surface area contributed by atoms with Gasteiger partial charge in [-0.3, -0.25) is 19.9 Å². The fourth-order valence-corrected chi connectivity index (χ4v) is 4.45. The van der Waals surface area contributed by atoms with Gasteiger partial charge in [0, 0.05) is 49.6 Å². The van der Waals surface area contributed by atoms with Crippen LogP contribution in [-0.2, 0) is 54.6 Å². The minimum Gasteiger partial charge on any atom is -0.872 e. The van der Waals surface area contributed by atoms with Crippen LogP contribution in [0.15, 0.2) is 195 Å². The summed E-state index contributed by atoms with van der Waals surface area (Å²) in [5.74, 6) is 0.657. The van der Waals surface area contributed by atoms with Gasteiger partial charge in [0.05, 0.1) is 0 Å². The molecule has 0 aliphatic carbocycles. The Kier molecular flexibility index (Phi) is 35.3. The van der Waals surface area contributed by atoms with Crippen LogP contribution in [0.1, 0.15) is 44.5 Å². The molecule has 8 aromatic rings. The van der Waals surface area contributed by atoms with E-state index in [2.05, 4.69) is 19.9 Å². The van der Waals surface area contributed by atoms with E-state index < -0.39 is 0 Å². The van der Waals surface area contributed by atoms with Crippen molar-refractivity contribution in [3.63, 3.8) is 0 Å². The smallest absolute Gasteiger partial charge is 0.872 e. The normalized spacial score (nSPS) is 8.65. The molecule has 8 nitrogen and oxygen atoms in total. The summed E-state index contributed by atoms with van der Waals surface area (Å²) in [5, 5.41) is 43.9. The number of benzene rings is 4. The molecule has 0 unspecified atom stereocenters. The summed E-state index contributed by atoms with van der Waals surface area (Å²) in [6.07, 6.45) is 14.0. The van der Waals surface area contributed by atoms with Gasteiger partial charge in [-0.25, -0.2) is 0 Å². The molecule has 10 heteroatoms. The first-order valence-electron chi connectivity index (χ1n) is 19.2. The maximum Gasteiger partial charge on any atom is 2.00 e. The molecular weight excluding hydrogens is 969 g/mol. The van der Waals surface area contributed by atoms with Gasteiger partial charge in [0.15, 0.2) is 0 Å². The Morgan fingerprint density at radius 1 is 0.226 bits per heavy atom. The number of hydrogen-bond acceptors (Lipinski definition) is 8. The molecule has 0 saturated carbocycles. The van der Waals surface area contributed by atoms with Crippen LogP contribution in [-0.4, -0.2) is 19.9 Å². The van der Waals surface area contributed by atoms with Crippen molar-refractivity contribution in [3.8, 4) is 23.0 Å². The van der Waals surface area contributed by atoms with Gasteiger partial charge in [-0.15, -0.1) is 23.0 Å². The van der Waals surface area contributed by atoms with Crippen molar-refractivity contribution >= 4 is 0 Å². The van der Waals surface area contributed by atoms with Crippen LogP contribution in [0.2, 0.25) is 0 Å². The molecule has 0 amide bonds. The monoisotopic (exact) mass is 1030 g/mol. The number of aryl methyl sites for hydroxylation is 8. The summed E-state index contributed by atoms with van der Waals surface area (Å²) in [5.41, 5.74) is 6.63. The van der Waals surface area contributed by atoms with Gasteiger partial charge in [-0.2, -0.15) is 0 Å². The zero-order valence-corrected chi connectivity index (χ0v) is 45.4. The second-order valence-corrected chi connectivity index (χ2v) is 13.0. The summed E-state index contributed by atoms with van der Waals surface area (Å²) in [7, 11) is 0. The third-order valence-electron chi connectivity index (χ3n) is 7.90. The van der Waals surface area contributed by atoms with Crippen molar-refractivity contribution in [1.82, 2.24) is 19.9 Å². The van der Waals surface area contributed by atoms with Crippen molar-refractivity contribution in [2.24, 2.45) is 0 Å². The average Bonchev–Trinajstić information content (AvgIpc) is 3.29. The summed E-state index contributed by atoms with van der Waals surface area (Å²) in [6, 6.07) is 45.1. The van der Waals surface area contributed by atoms with Crippen LogP contribution in [0.4, 0.5) is 0 Å². The molecule has 0 aliphatic rings. The van der Waals surface area contributed by atoms with Crippen molar-refractivity contribution in [1.29, 1.82) is 0 Å². The quantitative estimate of drug-likeness (QED) is 0.137. The first kappa shape index (κ1) is 58.6. The van der Waals surface area contributed by atoms with E-state index in [1.165, 1.54) is 0 Å². The molecule has 4 aromatic heterocycles. The zero-order valence-electron chi connectivity index (χ0n) is 37.3. The standard InChI is InChI=1S/4C8H10O.4C5H5N.2Cd/c4*1-6-4-3-5-7(2)8(6)9;4*1-2-4-6-5-3-1;;/h4*3-5,9H,1-2H3;4*1-5H;;/q;;;;;;;;2*+2/p-4. The largest absolute Gasteiger partial charge is 2.00 e. The van der Waals surface area contributed by atoms with E-state index in [0.29, 0.717) is 0 Å². The van der Waals surface area contributed by atoms with Crippen molar-refractivity contribution in [3.05, 3.63) is 240 Å². The first-order valence-corrected chi connectivity index (χ1v) is 19.2. The second-order valence-electron chi connectivity index (χ2n) is 13.0. The Bertz CT molecular complexity index is 1740. The van der Waals surface area contributed by atoms with Crippen LogP contribution in [0.3, 0.4) is 0 Å². The third kappa shape index (κ3) is 28.1. The molecule has 312 valence electrons. The fourth-order valence-electron chi connectivity index (χ4n) is 4.45. The number of aromatic nitrogens is 4. The molecule has 0 aliphatic heterocycles. The Morgan fingerprint density at radius 3 is 0.419 bits per heavy atom. The van der Waals surface area contributed by atoms with Crippen molar-refractivity contribution < 1.29 is 75.0 Å². The van der Waals surface area contributed by atoms with Crippen LogP contribution in [0.25, 0.3) is 0 Å². The molecule has 0 spiro atoms. The van der Waals surface area contributed by atoms with Gasteiger partial charge in [0.1, 0.15) is 0 Å². The van der Waals surface area contributed by atoms with E-state index in [9.17, 15) is 20.4 Å². The third-order valence-corrected chi connectivity index (χ3v) is 7.90. The van der Waals surface area contributed by atoms with Crippen LogP contribution in [0.5, 0.6) is 23.0 Å². The molecule has 0 fully saturated rings. The van der Waals surface area contributed by atoms with Crippen LogP contribution >= 0.6 is 0 Å². The Balaban J connectivity index is 0. The maximum absolute atomic E-state index is 11.0. The van der Waals surface area contributed by atoms with Gasteiger partial charge >= 0.3 is 54.6 Å². The Morgan fingerprint density at radius 2 is 0.355 bits per heavy atom. The average molecular weight is 1030 g/mol. The van der Waals surface area contributed by atoms with Gasteiger partial charge in [-0.1, -0.05) is 142 Å². The van der Waals surface area contributed by atoms with E-state index in [1.54, 1.807) is 49.6 Å². The zero-order chi connectivity index (χ0) is 44.4. The van der Waals surface area contributed by atoms with E-state index >= 15 is 0 Å². The summed E-state index contributed by atoms with van der Waals surface area (Å²) in [6.45, 7) is 14.6. The molecule has 0 N–H and O–H groups in total. The van der Waals surface area contributed by atoms with E-state index in [0.717, 1.165) is 44.5 Å². The Labute approximate surface area is 409 Å². The molecular formula is C52H56Cd2N4O4. The molecule has 62 heavy (non-hydrogen) atoms. The molecule has 0 bridgehead atoms. The fraction of sp³-hybridized carbons (Fsp3) is 0.154. The predicted molar refractivity (Wildman–Crippen MR) is 238 cm³/mol. The van der Waals surface area contributed by atoms with Crippen LogP contribution in [0, 0.1) is 55.4 Å². The Hall–Kier alpha value is -5.48. The van der Waals surface area contributed by atoms with Gasteiger partial charge in [0.2, 0.25) is 0 Å². The van der Waals surface area contributed by atoms with E-state index in [1.807, 2.05) is 201 Å². The maximum atomic E-state index is 11.0. The number of pyridine rings is 4. The second kappa shape index (κ2) is 37.3. The molecule has 4 heterocycles. The van der Waals surface area contributed by atoms with E-state index in [4.69, 9.17) is 0 Å².